The first-order valence-corrected chi connectivity index (χ1v) is 13.9. The molecule has 8 nitrogen and oxygen atoms in total. The summed E-state index contributed by atoms with van der Waals surface area (Å²) in [5.74, 6) is -0.413. The Morgan fingerprint density at radius 1 is 0.921 bits per heavy atom. The van der Waals surface area contributed by atoms with Gasteiger partial charge in [0.05, 0.1) is 17.7 Å². The SMILES string of the molecule is COc1ccc(S(=O)(=O)N(CC(=O)N(Cc2ccccc2Cl)[C@H](C)C(=O)NC(C)C)c2ccccc2)cc1. The maximum Gasteiger partial charge on any atom is 0.264 e. The fourth-order valence-electron chi connectivity index (χ4n) is 3.80. The Labute approximate surface area is 229 Å². The molecule has 38 heavy (non-hydrogen) atoms. The van der Waals surface area contributed by atoms with E-state index in [1.165, 1.54) is 24.1 Å². The number of sulfonamides is 1. The average Bonchev–Trinajstić information content (AvgIpc) is 2.90. The van der Waals surface area contributed by atoms with Crippen LogP contribution in [-0.4, -0.2) is 50.9 Å². The van der Waals surface area contributed by atoms with Gasteiger partial charge < -0.3 is 15.0 Å². The number of anilines is 1. The fraction of sp³-hybridized carbons (Fsp3) is 0.286. The van der Waals surface area contributed by atoms with Crippen molar-refractivity contribution in [1.82, 2.24) is 10.2 Å². The van der Waals surface area contributed by atoms with Gasteiger partial charge in [0.1, 0.15) is 18.3 Å². The molecular formula is C28H32ClN3O5S. The van der Waals surface area contributed by atoms with Gasteiger partial charge in [-0.1, -0.05) is 48.0 Å². The Balaban J connectivity index is 2.01. The van der Waals surface area contributed by atoms with Gasteiger partial charge >= 0.3 is 0 Å². The molecule has 0 spiro atoms. The lowest BCUT2D eigenvalue weighted by atomic mass is 10.1. The summed E-state index contributed by atoms with van der Waals surface area (Å²) in [6.45, 7) is 4.75. The minimum absolute atomic E-state index is 0.00166. The molecule has 2 amide bonds. The van der Waals surface area contributed by atoms with Gasteiger partial charge in [0.2, 0.25) is 11.8 Å². The average molecular weight is 558 g/mol. The number of nitrogens with one attached hydrogen (secondary N) is 1. The molecule has 1 N–H and O–H groups in total. The monoisotopic (exact) mass is 557 g/mol. The number of rotatable bonds is 11. The van der Waals surface area contributed by atoms with Crippen LogP contribution in [0.25, 0.3) is 0 Å². The molecule has 0 aliphatic rings. The van der Waals surface area contributed by atoms with Gasteiger partial charge in [0, 0.05) is 17.6 Å². The van der Waals surface area contributed by atoms with Gasteiger partial charge in [-0.3, -0.25) is 13.9 Å². The molecular weight excluding hydrogens is 526 g/mol. The van der Waals surface area contributed by atoms with E-state index in [4.69, 9.17) is 16.3 Å². The molecule has 0 saturated carbocycles. The van der Waals surface area contributed by atoms with Crippen LogP contribution in [0.5, 0.6) is 5.75 Å². The van der Waals surface area contributed by atoms with Crippen LogP contribution in [0, 0.1) is 0 Å². The summed E-state index contributed by atoms with van der Waals surface area (Å²) >= 11 is 6.37. The third-order valence-corrected chi connectivity index (χ3v) is 8.02. The van der Waals surface area contributed by atoms with Gasteiger partial charge in [-0.15, -0.1) is 0 Å². The Hall–Kier alpha value is -3.56. The Morgan fingerprint density at radius 2 is 1.53 bits per heavy atom. The highest BCUT2D eigenvalue weighted by atomic mass is 35.5. The maximum atomic E-state index is 13.8. The third-order valence-electron chi connectivity index (χ3n) is 5.87. The smallest absolute Gasteiger partial charge is 0.264 e. The highest BCUT2D eigenvalue weighted by molar-refractivity contribution is 7.92. The molecule has 0 unspecified atom stereocenters. The molecule has 3 rings (SSSR count). The molecule has 0 aliphatic heterocycles. The molecule has 0 fully saturated rings. The van der Waals surface area contributed by atoms with Crippen molar-refractivity contribution in [1.29, 1.82) is 0 Å². The highest BCUT2D eigenvalue weighted by Gasteiger charge is 2.32. The predicted molar refractivity (Wildman–Crippen MR) is 149 cm³/mol. The molecule has 10 heteroatoms. The molecule has 0 aromatic heterocycles. The van der Waals surface area contributed by atoms with Crippen molar-refractivity contribution in [3.63, 3.8) is 0 Å². The Kier molecular flexibility index (Phi) is 9.77. The number of hydrogen-bond donors (Lipinski definition) is 1. The number of carbonyl (C=O) groups is 2. The number of methoxy groups -OCH3 is 1. The van der Waals surface area contributed by atoms with E-state index in [-0.39, 0.29) is 23.4 Å². The van der Waals surface area contributed by atoms with Crippen molar-refractivity contribution in [2.45, 2.75) is 44.3 Å². The van der Waals surface area contributed by atoms with E-state index >= 15 is 0 Å². The quantitative estimate of drug-likeness (QED) is 0.375. The van der Waals surface area contributed by atoms with E-state index < -0.39 is 28.5 Å². The van der Waals surface area contributed by atoms with Crippen molar-refractivity contribution in [2.24, 2.45) is 0 Å². The van der Waals surface area contributed by atoms with Crippen LogP contribution < -0.4 is 14.4 Å². The minimum atomic E-state index is -4.15. The van der Waals surface area contributed by atoms with Crippen molar-refractivity contribution < 1.29 is 22.7 Å². The number of para-hydroxylation sites is 1. The lowest BCUT2D eigenvalue weighted by molar-refractivity contribution is -0.139. The van der Waals surface area contributed by atoms with E-state index in [9.17, 15) is 18.0 Å². The van der Waals surface area contributed by atoms with Crippen LogP contribution in [0.15, 0.2) is 83.8 Å². The van der Waals surface area contributed by atoms with E-state index in [0.29, 0.717) is 22.0 Å². The molecule has 1 atom stereocenters. The topological polar surface area (TPSA) is 96.0 Å². The molecule has 3 aromatic carbocycles. The van der Waals surface area contributed by atoms with E-state index in [1.54, 1.807) is 73.7 Å². The summed E-state index contributed by atoms with van der Waals surface area (Å²) in [5, 5.41) is 3.26. The Morgan fingerprint density at radius 3 is 2.11 bits per heavy atom. The summed E-state index contributed by atoms with van der Waals surface area (Å²) in [5.41, 5.74) is 0.949. The summed E-state index contributed by atoms with van der Waals surface area (Å²) in [6.07, 6.45) is 0. The second-order valence-electron chi connectivity index (χ2n) is 8.98. The largest absolute Gasteiger partial charge is 0.497 e. The van der Waals surface area contributed by atoms with Gasteiger partial charge in [0.25, 0.3) is 10.0 Å². The minimum Gasteiger partial charge on any atom is -0.497 e. The van der Waals surface area contributed by atoms with E-state index in [0.717, 1.165) is 4.31 Å². The number of amides is 2. The van der Waals surface area contributed by atoms with Gasteiger partial charge in [-0.2, -0.15) is 0 Å². The van der Waals surface area contributed by atoms with Crippen molar-refractivity contribution in [3.8, 4) is 5.75 Å². The summed E-state index contributed by atoms with van der Waals surface area (Å²) < 4.78 is 33.7. The molecule has 0 bridgehead atoms. The normalized spacial score (nSPS) is 12.1. The maximum absolute atomic E-state index is 13.8. The molecule has 0 aliphatic carbocycles. The Bertz CT molecular complexity index is 1350. The zero-order chi connectivity index (χ0) is 27.9. The first-order chi connectivity index (χ1) is 18.0. The van der Waals surface area contributed by atoms with Crippen molar-refractivity contribution in [2.75, 3.05) is 18.0 Å². The fourth-order valence-corrected chi connectivity index (χ4v) is 5.41. The van der Waals surface area contributed by atoms with Gasteiger partial charge in [-0.25, -0.2) is 8.42 Å². The van der Waals surface area contributed by atoms with Gasteiger partial charge in [0.15, 0.2) is 0 Å². The van der Waals surface area contributed by atoms with Crippen molar-refractivity contribution >= 4 is 39.1 Å². The van der Waals surface area contributed by atoms with Crippen LogP contribution in [0.1, 0.15) is 26.3 Å². The number of carbonyl (C=O) groups excluding carboxylic acids is 2. The lowest BCUT2D eigenvalue weighted by Crippen LogP contribution is -2.52. The van der Waals surface area contributed by atoms with Crippen LogP contribution in [0.4, 0.5) is 5.69 Å². The number of nitrogens with zero attached hydrogens (tertiary/aromatic N) is 2. The standard InChI is InChI=1S/C28H32ClN3O5S/c1-20(2)30-28(34)21(3)31(18-22-10-8-9-13-26(22)29)27(33)19-32(23-11-6-5-7-12-23)38(35,36)25-16-14-24(37-4)15-17-25/h5-17,20-21H,18-19H2,1-4H3,(H,30,34)/t21-/m1/s1. The van der Waals surface area contributed by atoms with Crippen LogP contribution >= 0.6 is 11.6 Å². The summed E-state index contributed by atoms with van der Waals surface area (Å²) in [4.78, 5) is 28.1. The zero-order valence-corrected chi connectivity index (χ0v) is 23.4. The molecule has 0 heterocycles. The molecule has 0 radical (unpaired) electrons. The predicted octanol–water partition coefficient (Wildman–Crippen LogP) is 4.49. The second-order valence-corrected chi connectivity index (χ2v) is 11.2. The first kappa shape index (κ1) is 29.0. The van der Waals surface area contributed by atoms with Gasteiger partial charge in [-0.05, 0) is 68.8 Å². The van der Waals surface area contributed by atoms with Crippen LogP contribution in [0.2, 0.25) is 5.02 Å². The second kappa shape index (κ2) is 12.8. The number of ether oxygens (including phenoxy) is 1. The third kappa shape index (κ3) is 7.05. The molecule has 202 valence electrons. The number of halogens is 1. The summed E-state index contributed by atoms with van der Waals surface area (Å²) in [7, 11) is -2.66. The zero-order valence-electron chi connectivity index (χ0n) is 21.8. The van der Waals surface area contributed by atoms with Crippen molar-refractivity contribution in [3.05, 3.63) is 89.4 Å². The summed E-state index contributed by atoms with van der Waals surface area (Å²) in [6, 6.07) is 20.3. The van der Waals surface area contributed by atoms with Crippen LogP contribution in [-0.2, 0) is 26.2 Å². The molecule has 0 saturated heterocycles. The van der Waals surface area contributed by atoms with E-state index in [2.05, 4.69) is 5.32 Å². The highest BCUT2D eigenvalue weighted by Crippen LogP contribution is 2.26. The molecule has 3 aromatic rings. The number of hydrogen-bond acceptors (Lipinski definition) is 5. The lowest BCUT2D eigenvalue weighted by Gasteiger charge is -2.32. The van der Waals surface area contributed by atoms with E-state index in [1.807, 2.05) is 13.8 Å². The first-order valence-electron chi connectivity index (χ1n) is 12.1. The van der Waals surface area contributed by atoms with Crippen LogP contribution in [0.3, 0.4) is 0 Å². The number of benzene rings is 3.